The smallest absolute Gasteiger partial charge is 0.256 e. The average Bonchev–Trinajstić information content (AvgIpc) is 3.44. The Morgan fingerprint density at radius 3 is 2.55 bits per heavy atom. The van der Waals surface area contributed by atoms with Crippen molar-refractivity contribution in [3.05, 3.63) is 66.0 Å². The lowest BCUT2D eigenvalue weighted by molar-refractivity contribution is 0.102. The first-order valence-corrected chi connectivity index (χ1v) is 9.96. The van der Waals surface area contributed by atoms with Crippen molar-refractivity contribution in [2.24, 2.45) is 5.92 Å². The Hall–Kier alpha value is -3.15. The molecule has 29 heavy (non-hydrogen) atoms. The number of anilines is 1. The molecule has 1 aliphatic rings. The highest BCUT2D eigenvalue weighted by molar-refractivity contribution is 6.04. The van der Waals surface area contributed by atoms with Gasteiger partial charge in [0, 0.05) is 23.2 Å². The van der Waals surface area contributed by atoms with Crippen molar-refractivity contribution in [1.82, 2.24) is 14.8 Å². The van der Waals surface area contributed by atoms with Crippen molar-refractivity contribution in [2.75, 3.05) is 11.9 Å². The standard InChI is InChI=1S/C23H26N4O2/c1-23(2,3)19-14-21(27(26-19)20-6-4-5-13-24-20)25-22(28)17-9-11-18(12-10-17)29-15-16-7-8-16/h4-6,9-14,16H,7-8,15H2,1-3H3,(H,25,28). The van der Waals surface area contributed by atoms with Crippen molar-refractivity contribution in [2.45, 2.75) is 39.0 Å². The molecular formula is C23H26N4O2. The second-order valence-electron chi connectivity index (χ2n) is 8.50. The van der Waals surface area contributed by atoms with Gasteiger partial charge in [0.1, 0.15) is 11.6 Å². The van der Waals surface area contributed by atoms with Crippen LogP contribution >= 0.6 is 0 Å². The van der Waals surface area contributed by atoms with E-state index in [1.165, 1.54) is 12.8 Å². The summed E-state index contributed by atoms with van der Waals surface area (Å²) in [6.45, 7) is 7.02. The van der Waals surface area contributed by atoms with E-state index in [0.29, 0.717) is 23.1 Å². The highest BCUT2D eigenvalue weighted by atomic mass is 16.5. The average molecular weight is 390 g/mol. The molecule has 1 N–H and O–H groups in total. The second kappa shape index (κ2) is 7.70. The highest BCUT2D eigenvalue weighted by Crippen LogP contribution is 2.30. The Balaban J connectivity index is 1.54. The van der Waals surface area contributed by atoms with Crippen molar-refractivity contribution in [3.63, 3.8) is 0 Å². The van der Waals surface area contributed by atoms with E-state index in [1.807, 2.05) is 36.4 Å². The Kier molecular flexibility index (Phi) is 5.09. The van der Waals surface area contributed by atoms with Crippen LogP contribution < -0.4 is 10.1 Å². The van der Waals surface area contributed by atoms with Gasteiger partial charge in [-0.1, -0.05) is 26.8 Å². The molecule has 4 rings (SSSR count). The van der Waals surface area contributed by atoms with Gasteiger partial charge < -0.3 is 10.1 Å². The summed E-state index contributed by atoms with van der Waals surface area (Å²) >= 11 is 0. The molecule has 1 amide bonds. The van der Waals surface area contributed by atoms with Gasteiger partial charge in [-0.15, -0.1) is 0 Å². The molecule has 0 atom stereocenters. The van der Waals surface area contributed by atoms with Gasteiger partial charge in [-0.2, -0.15) is 9.78 Å². The van der Waals surface area contributed by atoms with Crippen LogP contribution in [0, 0.1) is 5.92 Å². The lowest BCUT2D eigenvalue weighted by atomic mass is 9.92. The van der Waals surface area contributed by atoms with Gasteiger partial charge in [0.15, 0.2) is 5.82 Å². The molecule has 1 saturated carbocycles. The van der Waals surface area contributed by atoms with Crippen molar-refractivity contribution < 1.29 is 9.53 Å². The Morgan fingerprint density at radius 1 is 1.17 bits per heavy atom. The van der Waals surface area contributed by atoms with Crippen LogP contribution in [0.1, 0.15) is 49.7 Å². The van der Waals surface area contributed by atoms with Crippen LogP contribution in [0.25, 0.3) is 5.82 Å². The molecule has 3 aromatic rings. The van der Waals surface area contributed by atoms with E-state index < -0.39 is 0 Å². The number of carbonyl (C=O) groups excluding carboxylic acids is 1. The number of carbonyl (C=O) groups is 1. The van der Waals surface area contributed by atoms with Crippen LogP contribution in [0.4, 0.5) is 5.82 Å². The molecule has 0 aliphatic heterocycles. The molecule has 0 unspecified atom stereocenters. The zero-order chi connectivity index (χ0) is 20.4. The third kappa shape index (κ3) is 4.65. The summed E-state index contributed by atoms with van der Waals surface area (Å²) in [5, 5.41) is 7.66. The van der Waals surface area contributed by atoms with Crippen LogP contribution in [0.3, 0.4) is 0 Å². The van der Waals surface area contributed by atoms with E-state index in [2.05, 4.69) is 36.2 Å². The number of benzene rings is 1. The number of amides is 1. The third-order valence-corrected chi connectivity index (χ3v) is 4.88. The van der Waals surface area contributed by atoms with E-state index in [4.69, 9.17) is 4.74 Å². The number of aromatic nitrogens is 3. The molecule has 0 radical (unpaired) electrons. The molecule has 1 aliphatic carbocycles. The molecule has 150 valence electrons. The minimum absolute atomic E-state index is 0.153. The number of rotatable bonds is 6. The topological polar surface area (TPSA) is 69.0 Å². The molecule has 2 heterocycles. The quantitative estimate of drug-likeness (QED) is 0.667. The normalized spacial score (nSPS) is 13.9. The number of ether oxygens (including phenoxy) is 1. The Labute approximate surface area is 170 Å². The van der Waals surface area contributed by atoms with Gasteiger partial charge in [0.05, 0.1) is 12.3 Å². The Morgan fingerprint density at radius 2 is 1.93 bits per heavy atom. The van der Waals surface area contributed by atoms with Gasteiger partial charge in [-0.05, 0) is 55.2 Å². The first kappa shape index (κ1) is 19.2. The minimum Gasteiger partial charge on any atom is -0.493 e. The summed E-state index contributed by atoms with van der Waals surface area (Å²) in [4.78, 5) is 17.2. The zero-order valence-corrected chi connectivity index (χ0v) is 17.1. The third-order valence-electron chi connectivity index (χ3n) is 4.88. The largest absolute Gasteiger partial charge is 0.493 e. The van der Waals surface area contributed by atoms with Crippen LogP contribution in [0.15, 0.2) is 54.7 Å². The molecular weight excluding hydrogens is 364 g/mol. The predicted molar refractivity (Wildman–Crippen MR) is 113 cm³/mol. The van der Waals surface area contributed by atoms with Crippen LogP contribution in [-0.4, -0.2) is 27.3 Å². The van der Waals surface area contributed by atoms with Gasteiger partial charge in [-0.25, -0.2) is 4.98 Å². The first-order chi connectivity index (χ1) is 13.9. The predicted octanol–water partition coefficient (Wildman–Crippen LogP) is 4.61. The summed E-state index contributed by atoms with van der Waals surface area (Å²) in [5.41, 5.74) is 1.29. The second-order valence-corrected chi connectivity index (χ2v) is 8.50. The fourth-order valence-corrected chi connectivity index (χ4v) is 2.88. The van der Waals surface area contributed by atoms with Crippen molar-refractivity contribution in [1.29, 1.82) is 0 Å². The molecule has 2 aromatic heterocycles. The summed E-state index contributed by atoms with van der Waals surface area (Å²) in [7, 11) is 0. The summed E-state index contributed by atoms with van der Waals surface area (Å²) in [6.07, 6.45) is 4.21. The fourth-order valence-electron chi connectivity index (χ4n) is 2.88. The SMILES string of the molecule is CC(C)(C)c1cc(NC(=O)c2ccc(OCC3CC3)cc2)n(-c2ccccn2)n1. The molecule has 0 bridgehead atoms. The number of pyridine rings is 1. The first-order valence-electron chi connectivity index (χ1n) is 9.96. The van der Waals surface area contributed by atoms with Crippen LogP contribution in [-0.2, 0) is 5.41 Å². The number of hydrogen-bond donors (Lipinski definition) is 1. The molecule has 6 heteroatoms. The number of hydrogen-bond acceptors (Lipinski definition) is 4. The van der Waals surface area contributed by atoms with Gasteiger partial charge in [0.2, 0.25) is 0 Å². The summed E-state index contributed by atoms with van der Waals surface area (Å²) in [5.74, 6) is 2.54. The van der Waals surface area contributed by atoms with Gasteiger partial charge in [0.25, 0.3) is 5.91 Å². The maximum Gasteiger partial charge on any atom is 0.256 e. The number of nitrogens with zero attached hydrogens (tertiary/aromatic N) is 3. The zero-order valence-electron chi connectivity index (χ0n) is 17.1. The minimum atomic E-state index is -0.198. The molecule has 1 fully saturated rings. The van der Waals surface area contributed by atoms with E-state index >= 15 is 0 Å². The van der Waals surface area contributed by atoms with Crippen molar-refractivity contribution in [3.8, 4) is 11.6 Å². The summed E-state index contributed by atoms with van der Waals surface area (Å²) in [6, 6.07) is 14.8. The highest BCUT2D eigenvalue weighted by Gasteiger charge is 2.23. The maximum absolute atomic E-state index is 12.8. The van der Waals surface area contributed by atoms with Gasteiger partial charge in [-0.3, -0.25) is 4.79 Å². The maximum atomic E-state index is 12.8. The molecule has 0 saturated heterocycles. The lowest BCUT2D eigenvalue weighted by Crippen LogP contribution is -2.15. The molecule has 0 spiro atoms. The van der Waals surface area contributed by atoms with Gasteiger partial charge >= 0.3 is 0 Å². The van der Waals surface area contributed by atoms with E-state index in [0.717, 1.165) is 18.1 Å². The fraction of sp³-hybridized carbons (Fsp3) is 0.348. The molecule has 6 nitrogen and oxygen atoms in total. The lowest BCUT2D eigenvalue weighted by Gasteiger charge is -2.13. The monoisotopic (exact) mass is 390 g/mol. The molecule has 1 aromatic carbocycles. The van der Waals surface area contributed by atoms with Crippen LogP contribution in [0.2, 0.25) is 0 Å². The van der Waals surface area contributed by atoms with E-state index in [9.17, 15) is 4.79 Å². The van der Waals surface area contributed by atoms with Crippen molar-refractivity contribution >= 4 is 11.7 Å². The summed E-state index contributed by atoms with van der Waals surface area (Å²) < 4.78 is 7.42. The Bertz CT molecular complexity index is 984. The van der Waals surface area contributed by atoms with E-state index in [1.54, 1.807) is 23.0 Å². The van der Waals surface area contributed by atoms with E-state index in [-0.39, 0.29) is 11.3 Å². The number of nitrogens with one attached hydrogen (secondary N) is 1. The van der Waals surface area contributed by atoms with Crippen LogP contribution in [0.5, 0.6) is 5.75 Å².